The van der Waals surface area contributed by atoms with Gasteiger partial charge in [0.15, 0.2) is 0 Å². The van der Waals surface area contributed by atoms with E-state index >= 15 is 0 Å². The molecule has 0 radical (unpaired) electrons. The highest BCUT2D eigenvalue weighted by Crippen LogP contribution is 2.11. The van der Waals surface area contributed by atoms with Crippen LogP contribution in [-0.4, -0.2) is 36.0 Å². The summed E-state index contributed by atoms with van der Waals surface area (Å²) in [6.45, 7) is 9.67. The normalized spacial score (nSPS) is 14.2. The summed E-state index contributed by atoms with van der Waals surface area (Å²) in [4.78, 5) is 15.3. The van der Waals surface area contributed by atoms with Crippen LogP contribution in [0, 0.1) is 0 Å². The van der Waals surface area contributed by atoms with Crippen molar-refractivity contribution in [1.82, 2.24) is 10.2 Å². The maximum Gasteiger partial charge on any atom is 0.239 e. The van der Waals surface area contributed by atoms with Gasteiger partial charge < -0.3 is 10.2 Å². The third-order valence-corrected chi connectivity index (χ3v) is 3.97. The zero-order valence-electron chi connectivity index (χ0n) is 11.8. The average Bonchev–Trinajstić information content (AvgIpc) is 2.82. The number of carbonyl (C=O) groups is 1. The molecule has 1 aromatic heterocycles. The summed E-state index contributed by atoms with van der Waals surface area (Å²) in [6.07, 6.45) is 0.980. The molecule has 4 heteroatoms. The number of carbonyl (C=O) groups excluding carboxylic acids is 1. The number of amides is 1. The Bertz CT molecular complexity index is 347. The van der Waals surface area contributed by atoms with E-state index in [-0.39, 0.29) is 11.9 Å². The first-order chi connectivity index (χ1) is 8.58. The maximum atomic E-state index is 12.1. The third kappa shape index (κ3) is 4.42. The van der Waals surface area contributed by atoms with E-state index in [2.05, 4.69) is 29.8 Å². The van der Waals surface area contributed by atoms with Crippen molar-refractivity contribution in [1.29, 1.82) is 0 Å². The SMILES string of the molecule is CCN(CC)C(=O)C(C)NC(C)Cc1cccs1. The van der Waals surface area contributed by atoms with Gasteiger partial charge in [0.2, 0.25) is 5.91 Å². The lowest BCUT2D eigenvalue weighted by Gasteiger charge is -2.25. The second kappa shape index (κ2) is 7.54. The third-order valence-electron chi connectivity index (χ3n) is 3.07. The lowest BCUT2D eigenvalue weighted by molar-refractivity contribution is -0.132. The number of nitrogens with one attached hydrogen (secondary N) is 1. The summed E-state index contributed by atoms with van der Waals surface area (Å²) < 4.78 is 0. The van der Waals surface area contributed by atoms with Gasteiger partial charge in [0.05, 0.1) is 6.04 Å². The molecule has 1 N–H and O–H groups in total. The summed E-state index contributed by atoms with van der Waals surface area (Å²) in [6, 6.07) is 4.41. The van der Waals surface area contributed by atoms with Crippen LogP contribution >= 0.6 is 11.3 Å². The molecule has 0 aromatic carbocycles. The van der Waals surface area contributed by atoms with E-state index in [1.54, 1.807) is 11.3 Å². The smallest absolute Gasteiger partial charge is 0.239 e. The fourth-order valence-electron chi connectivity index (χ4n) is 2.10. The molecule has 0 spiro atoms. The molecule has 0 saturated carbocycles. The quantitative estimate of drug-likeness (QED) is 0.824. The molecular formula is C14H24N2OS. The molecule has 1 aromatic rings. The molecule has 2 atom stereocenters. The molecule has 0 aliphatic heterocycles. The van der Waals surface area contributed by atoms with Gasteiger partial charge in [-0.1, -0.05) is 6.07 Å². The van der Waals surface area contributed by atoms with Crippen molar-refractivity contribution in [3.63, 3.8) is 0 Å². The van der Waals surface area contributed by atoms with E-state index < -0.39 is 0 Å². The Morgan fingerprint density at radius 2 is 2.06 bits per heavy atom. The molecule has 0 saturated heterocycles. The molecule has 0 bridgehead atoms. The predicted octanol–water partition coefficient (Wildman–Crippen LogP) is 2.53. The van der Waals surface area contributed by atoms with Crippen molar-refractivity contribution in [2.75, 3.05) is 13.1 Å². The average molecular weight is 268 g/mol. The Kier molecular flexibility index (Phi) is 6.36. The topological polar surface area (TPSA) is 32.3 Å². The number of likely N-dealkylation sites (N-methyl/N-ethyl adjacent to an activating group) is 1. The van der Waals surface area contributed by atoms with Crippen molar-refractivity contribution in [3.8, 4) is 0 Å². The van der Waals surface area contributed by atoms with Crippen LogP contribution in [0.15, 0.2) is 17.5 Å². The number of hydrogen-bond acceptors (Lipinski definition) is 3. The van der Waals surface area contributed by atoms with Crippen molar-refractivity contribution in [3.05, 3.63) is 22.4 Å². The Morgan fingerprint density at radius 3 is 2.56 bits per heavy atom. The summed E-state index contributed by atoms with van der Waals surface area (Å²) in [5.41, 5.74) is 0. The van der Waals surface area contributed by atoms with E-state index in [1.165, 1.54) is 4.88 Å². The van der Waals surface area contributed by atoms with E-state index in [4.69, 9.17) is 0 Å². The number of thiophene rings is 1. The van der Waals surface area contributed by atoms with E-state index in [0.29, 0.717) is 6.04 Å². The molecule has 0 fully saturated rings. The van der Waals surface area contributed by atoms with Gasteiger partial charge in [-0.05, 0) is 45.6 Å². The first-order valence-corrected chi connectivity index (χ1v) is 7.53. The molecule has 1 rings (SSSR count). The van der Waals surface area contributed by atoms with Gasteiger partial charge in [0, 0.05) is 24.0 Å². The minimum atomic E-state index is -0.111. The summed E-state index contributed by atoms with van der Waals surface area (Å²) in [5.74, 6) is 0.193. The monoisotopic (exact) mass is 268 g/mol. The fraction of sp³-hybridized carbons (Fsp3) is 0.643. The van der Waals surface area contributed by atoms with Gasteiger partial charge >= 0.3 is 0 Å². The Hall–Kier alpha value is -0.870. The molecule has 18 heavy (non-hydrogen) atoms. The minimum absolute atomic E-state index is 0.111. The second-order valence-electron chi connectivity index (χ2n) is 4.58. The van der Waals surface area contributed by atoms with Gasteiger partial charge in [-0.3, -0.25) is 4.79 Å². The summed E-state index contributed by atoms with van der Waals surface area (Å²) >= 11 is 1.77. The van der Waals surface area contributed by atoms with Crippen LogP contribution in [0.5, 0.6) is 0 Å². The fourth-order valence-corrected chi connectivity index (χ4v) is 2.93. The molecule has 2 unspecified atom stereocenters. The number of hydrogen-bond donors (Lipinski definition) is 1. The summed E-state index contributed by atoms with van der Waals surface area (Å²) in [5, 5.41) is 5.47. The first-order valence-electron chi connectivity index (χ1n) is 6.65. The van der Waals surface area contributed by atoms with Crippen LogP contribution in [0.3, 0.4) is 0 Å². The minimum Gasteiger partial charge on any atom is -0.342 e. The molecule has 1 amide bonds. The first kappa shape index (κ1) is 15.2. The van der Waals surface area contributed by atoms with Crippen molar-refractivity contribution in [2.45, 2.75) is 46.2 Å². The molecule has 0 aliphatic rings. The van der Waals surface area contributed by atoms with Crippen molar-refractivity contribution < 1.29 is 4.79 Å². The number of nitrogens with zero attached hydrogens (tertiary/aromatic N) is 1. The molecule has 1 heterocycles. The Balaban J connectivity index is 2.43. The zero-order chi connectivity index (χ0) is 13.5. The van der Waals surface area contributed by atoms with Crippen molar-refractivity contribution in [2.24, 2.45) is 0 Å². The highest BCUT2D eigenvalue weighted by Gasteiger charge is 2.19. The molecular weight excluding hydrogens is 244 g/mol. The molecule has 102 valence electrons. The molecule has 3 nitrogen and oxygen atoms in total. The van der Waals surface area contributed by atoms with Crippen LogP contribution in [0.25, 0.3) is 0 Å². The van der Waals surface area contributed by atoms with Gasteiger partial charge in [-0.2, -0.15) is 0 Å². The van der Waals surface area contributed by atoms with Crippen LogP contribution in [0.1, 0.15) is 32.6 Å². The van der Waals surface area contributed by atoms with Gasteiger partial charge in [0.25, 0.3) is 0 Å². The zero-order valence-corrected chi connectivity index (χ0v) is 12.6. The van der Waals surface area contributed by atoms with E-state index in [1.807, 2.05) is 25.7 Å². The van der Waals surface area contributed by atoms with Crippen molar-refractivity contribution >= 4 is 17.2 Å². The highest BCUT2D eigenvalue weighted by molar-refractivity contribution is 7.09. The van der Waals surface area contributed by atoms with Crippen LogP contribution in [0.2, 0.25) is 0 Å². The molecule has 0 aliphatic carbocycles. The van der Waals surface area contributed by atoms with Gasteiger partial charge in [-0.15, -0.1) is 11.3 Å². The second-order valence-corrected chi connectivity index (χ2v) is 5.62. The Labute approximate surface area is 114 Å². The summed E-state index contributed by atoms with van der Waals surface area (Å²) in [7, 11) is 0. The lowest BCUT2D eigenvalue weighted by atomic mass is 10.1. The van der Waals surface area contributed by atoms with Crippen LogP contribution in [-0.2, 0) is 11.2 Å². The Morgan fingerprint density at radius 1 is 1.39 bits per heavy atom. The van der Waals surface area contributed by atoms with E-state index in [9.17, 15) is 4.79 Å². The van der Waals surface area contributed by atoms with E-state index in [0.717, 1.165) is 19.5 Å². The lowest BCUT2D eigenvalue weighted by Crippen LogP contribution is -2.48. The standard InChI is InChI=1S/C14H24N2OS/c1-5-16(6-2)14(17)12(4)15-11(3)10-13-8-7-9-18-13/h7-9,11-12,15H,5-6,10H2,1-4H3. The van der Waals surface area contributed by atoms with Crippen LogP contribution in [0.4, 0.5) is 0 Å². The van der Waals surface area contributed by atoms with Gasteiger partial charge in [0.1, 0.15) is 0 Å². The number of rotatable bonds is 7. The van der Waals surface area contributed by atoms with Gasteiger partial charge in [-0.25, -0.2) is 0 Å². The largest absolute Gasteiger partial charge is 0.342 e. The highest BCUT2D eigenvalue weighted by atomic mass is 32.1. The predicted molar refractivity (Wildman–Crippen MR) is 78.0 cm³/mol. The maximum absolute atomic E-state index is 12.1. The van der Waals surface area contributed by atoms with Crippen LogP contribution < -0.4 is 5.32 Å².